The molecule has 6 heteroatoms. The quantitative estimate of drug-likeness (QED) is 0.790. The molecule has 0 aromatic rings. The Balaban J connectivity index is 4.23. The molecule has 0 aliphatic heterocycles. The van der Waals surface area contributed by atoms with Crippen LogP contribution in [0.3, 0.4) is 0 Å². The highest BCUT2D eigenvalue weighted by atomic mass is 19.4. The van der Waals surface area contributed by atoms with Crippen molar-refractivity contribution in [1.29, 1.82) is 0 Å². The van der Waals surface area contributed by atoms with Crippen molar-refractivity contribution in [2.75, 3.05) is 13.6 Å². The van der Waals surface area contributed by atoms with Crippen LogP contribution in [0.15, 0.2) is 0 Å². The van der Waals surface area contributed by atoms with Crippen LogP contribution in [0.4, 0.5) is 13.2 Å². The minimum Gasteiger partial charge on any atom is -0.339 e. The van der Waals surface area contributed by atoms with Crippen molar-refractivity contribution in [1.82, 2.24) is 4.90 Å². The van der Waals surface area contributed by atoms with Gasteiger partial charge in [0, 0.05) is 25.6 Å². The van der Waals surface area contributed by atoms with E-state index in [2.05, 4.69) is 0 Å². The minimum atomic E-state index is -4.29. The van der Waals surface area contributed by atoms with Crippen LogP contribution in [0.5, 0.6) is 0 Å². The molecule has 0 bridgehead atoms. The van der Waals surface area contributed by atoms with Crippen molar-refractivity contribution in [2.24, 2.45) is 5.73 Å². The molecule has 0 aromatic carbocycles. The van der Waals surface area contributed by atoms with Crippen molar-refractivity contribution in [3.05, 3.63) is 0 Å². The fraction of sp³-hybridized carbons (Fsp3) is 0.889. The molecule has 1 amide bonds. The zero-order chi connectivity index (χ0) is 12.3. The van der Waals surface area contributed by atoms with Gasteiger partial charge in [0.1, 0.15) is 0 Å². The van der Waals surface area contributed by atoms with E-state index in [0.29, 0.717) is 0 Å². The lowest BCUT2D eigenvalue weighted by molar-refractivity contribution is -0.150. The van der Waals surface area contributed by atoms with E-state index in [1.807, 2.05) is 0 Å². The van der Waals surface area contributed by atoms with Gasteiger partial charge >= 0.3 is 6.18 Å². The van der Waals surface area contributed by atoms with E-state index in [9.17, 15) is 18.0 Å². The number of nitrogens with two attached hydrogens (primary N) is 1. The summed E-state index contributed by atoms with van der Waals surface area (Å²) in [6.45, 7) is 3.62. The van der Waals surface area contributed by atoms with Crippen LogP contribution in [0.25, 0.3) is 0 Å². The fourth-order valence-electron chi connectivity index (χ4n) is 0.891. The molecule has 2 N–H and O–H groups in total. The molecule has 0 aliphatic rings. The summed E-state index contributed by atoms with van der Waals surface area (Å²) in [7, 11) is 1.46. The van der Waals surface area contributed by atoms with Gasteiger partial charge in [-0.25, -0.2) is 0 Å². The molecular weight excluding hydrogens is 209 g/mol. The molecule has 0 atom stereocenters. The van der Waals surface area contributed by atoms with E-state index in [1.165, 1.54) is 11.9 Å². The molecule has 0 saturated carbocycles. The van der Waals surface area contributed by atoms with Crippen LogP contribution in [-0.4, -0.2) is 36.1 Å². The van der Waals surface area contributed by atoms with Gasteiger partial charge in [-0.05, 0) is 13.8 Å². The summed E-state index contributed by atoms with van der Waals surface area (Å²) in [6, 6.07) is 0. The number of nitrogens with zero attached hydrogens (tertiary/aromatic N) is 1. The summed E-state index contributed by atoms with van der Waals surface area (Å²) in [5, 5.41) is 0. The number of likely N-dealkylation sites (N-methyl/N-ethyl adjacent to an activating group) is 1. The molecular formula is C9H17F3N2O. The molecule has 3 nitrogen and oxygen atoms in total. The van der Waals surface area contributed by atoms with Gasteiger partial charge in [-0.2, -0.15) is 13.2 Å². The predicted molar refractivity (Wildman–Crippen MR) is 51.2 cm³/mol. The largest absolute Gasteiger partial charge is 0.389 e. The van der Waals surface area contributed by atoms with Crippen molar-refractivity contribution < 1.29 is 18.0 Å². The standard InChI is InChI=1S/C9H17F3N2O/c1-8(2,6-13)14(3)7(15)4-5-9(10,11)12/h4-6,13H2,1-3H3. The van der Waals surface area contributed by atoms with Crippen LogP contribution in [0.1, 0.15) is 26.7 Å². The Hall–Kier alpha value is -0.780. The Bertz CT molecular complexity index is 226. The molecule has 90 valence electrons. The van der Waals surface area contributed by atoms with Gasteiger partial charge in [-0.3, -0.25) is 4.79 Å². The summed E-state index contributed by atoms with van der Waals surface area (Å²) in [5.74, 6) is -0.539. The van der Waals surface area contributed by atoms with E-state index in [1.54, 1.807) is 13.8 Å². The summed E-state index contributed by atoms with van der Waals surface area (Å²) < 4.78 is 35.6. The van der Waals surface area contributed by atoms with E-state index >= 15 is 0 Å². The maximum absolute atomic E-state index is 11.9. The average molecular weight is 226 g/mol. The average Bonchev–Trinajstić information content (AvgIpc) is 2.11. The van der Waals surface area contributed by atoms with E-state index < -0.39 is 30.5 Å². The third-order valence-corrected chi connectivity index (χ3v) is 2.40. The molecule has 0 unspecified atom stereocenters. The number of amides is 1. The molecule has 0 rings (SSSR count). The Morgan fingerprint density at radius 2 is 1.80 bits per heavy atom. The van der Waals surface area contributed by atoms with Crippen molar-refractivity contribution in [3.63, 3.8) is 0 Å². The molecule has 0 radical (unpaired) electrons. The van der Waals surface area contributed by atoms with E-state index in [0.717, 1.165) is 0 Å². The number of carbonyl (C=O) groups excluding carboxylic acids is 1. The van der Waals surface area contributed by atoms with Crippen molar-refractivity contribution in [3.8, 4) is 0 Å². The molecule has 15 heavy (non-hydrogen) atoms. The summed E-state index contributed by atoms with van der Waals surface area (Å²) in [6.07, 6.45) is -5.90. The van der Waals surface area contributed by atoms with Gasteiger partial charge in [0.25, 0.3) is 0 Å². The molecule has 0 heterocycles. The molecule has 0 fully saturated rings. The third kappa shape index (κ3) is 5.01. The summed E-state index contributed by atoms with van der Waals surface area (Å²) in [4.78, 5) is 12.6. The Morgan fingerprint density at radius 3 is 2.13 bits per heavy atom. The Labute approximate surface area is 87.4 Å². The van der Waals surface area contributed by atoms with Crippen LogP contribution in [0.2, 0.25) is 0 Å². The first-order chi connectivity index (χ1) is 6.60. The highest BCUT2D eigenvalue weighted by molar-refractivity contribution is 5.76. The molecule has 0 aliphatic carbocycles. The number of hydrogen-bond donors (Lipinski definition) is 1. The van der Waals surface area contributed by atoms with Crippen LogP contribution in [0, 0.1) is 0 Å². The zero-order valence-corrected chi connectivity index (χ0v) is 9.19. The zero-order valence-electron chi connectivity index (χ0n) is 9.19. The highest BCUT2D eigenvalue weighted by Gasteiger charge is 2.31. The number of alkyl halides is 3. The molecule has 0 aromatic heterocycles. The van der Waals surface area contributed by atoms with Gasteiger partial charge in [-0.1, -0.05) is 0 Å². The van der Waals surface area contributed by atoms with E-state index in [4.69, 9.17) is 5.73 Å². The Kier molecular flexibility index (Phi) is 4.58. The fourth-order valence-corrected chi connectivity index (χ4v) is 0.891. The van der Waals surface area contributed by atoms with Crippen LogP contribution in [-0.2, 0) is 4.79 Å². The maximum Gasteiger partial charge on any atom is 0.389 e. The highest BCUT2D eigenvalue weighted by Crippen LogP contribution is 2.22. The van der Waals surface area contributed by atoms with Gasteiger partial charge in [0.05, 0.1) is 6.42 Å². The monoisotopic (exact) mass is 226 g/mol. The second-order valence-corrected chi connectivity index (χ2v) is 4.08. The van der Waals surface area contributed by atoms with Gasteiger partial charge in [0.2, 0.25) is 5.91 Å². The topological polar surface area (TPSA) is 46.3 Å². The Morgan fingerprint density at radius 1 is 1.33 bits per heavy atom. The third-order valence-electron chi connectivity index (χ3n) is 2.40. The number of halogens is 3. The normalized spacial score (nSPS) is 12.7. The lowest BCUT2D eigenvalue weighted by atomic mass is 10.0. The number of rotatable bonds is 4. The molecule has 0 spiro atoms. The second kappa shape index (κ2) is 4.83. The van der Waals surface area contributed by atoms with Gasteiger partial charge < -0.3 is 10.6 Å². The number of carbonyl (C=O) groups is 1. The second-order valence-electron chi connectivity index (χ2n) is 4.08. The minimum absolute atomic E-state index is 0.210. The van der Waals surface area contributed by atoms with Gasteiger partial charge in [0.15, 0.2) is 0 Å². The van der Waals surface area contributed by atoms with E-state index in [-0.39, 0.29) is 6.54 Å². The van der Waals surface area contributed by atoms with Crippen molar-refractivity contribution in [2.45, 2.75) is 38.4 Å². The van der Waals surface area contributed by atoms with Gasteiger partial charge in [-0.15, -0.1) is 0 Å². The first-order valence-corrected chi connectivity index (χ1v) is 4.63. The first-order valence-electron chi connectivity index (χ1n) is 4.63. The smallest absolute Gasteiger partial charge is 0.339 e. The predicted octanol–water partition coefficient (Wildman–Crippen LogP) is 1.52. The maximum atomic E-state index is 11.9. The van der Waals surface area contributed by atoms with Crippen LogP contribution >= 0.6 is 0 Å². The lowest BCUT2D eigenvalue weighted by Crippen LogP contribution is -2.50. The molecule has 0 saturated heterocycles. The van der Waals surface area contributed by atoms with Crippen LogP contribution < -0.4 is 5.73 Å². The summed E-state index contributed by atoms with van der Waals surface area (Å²) >= 11 is 0. The summed E-state index contributed by atoms with van der Waals surface area (Å²) in [5.41, 5.74) is 4.80. The van der Waals surface area contributed by atoms with Crippen molar-refractivity contribution >= 4 is 5.91 Å². The SMILES string of the molecule is CN(C(=O)CCC(F)(F)F)C(C)(C)CN. The lowest BCUT2D eigenvalue weighted by Gasteiger charge is -2.34. The first kappa shape index (κ1) is 14.2. The number of hydrogen-bond acceptors (Lipinski definition) is 2.